The molecule has 0 heterocycles. The van der Waals surface area contributed by atoms with Crippen molar-refractivity contribution in [2.75, 3.05) is 0 Å². The molecule has 0 aliphatic rings. The van der Waals surface area contributed by atoms with Crippen molar-refractivity contribution in [1.29, 1.82) is 0 Å². The average Bonchev–Trinajstić information content (AvgIpc) is 2.95. The van der Waals surface area contributed by atoms with Crippen LogP contribution in [0.2, 0.25) is 0 Å². The fourth-order valence-electron chi connectivity index (χ4n) is 4.51. The van der Waals surface area contributed by atoms with Gasteiger partial charge in [0, 0.05) is 36.2 Å². The number of nitrogens with zero attached hydrogens (tertiary/aromatic N) is 2. The summed E-state index contributed by atoms with van der Waals surface area (Å²) in [6.45, 7) is 3.77. The summed E-state index contributed by atoms with van der Waals surface area (Å²) in [5.74, 6) is -0.517. The molecule has 2 aromatic carbocycles. The van der Waals surface area contributed by atoms with E-state index in [0.717, 1.165) is 25.3 Å². The smallest absolute Gasteiger partial charge is 0.458 e. The van der Waals surface area contributed by atoms with Crippen molar-refractivity contribution in [2.24, 2.45) is 0 Å². The highest BCUT2D eigenvalue weighted by atomic mass is 16.7. The topological polar surface area (TPSA) is 148 Å². The normalized spacial score (nSPS) is 11.5. The number of esters is 1. The Morgan fingerprint density at radius 1 is 0.714 bits per heavy atom. The van der Waals surface area contributed by atoms with Crippen molar-refractivity contribution < 1.29 is 33.6 Å². The quantitative estimate of drug-likeness (QED) is 0.0486. The largest absolute Gasteiger partial charge is 0.519 e. The third kappa shape index (κ3) is 13.1. The van der Waals surface area contributed by atoms with E-state index >= 15 is 0 Å². The van der Waals surface area contributed by atoms with Gasteiger partial charge in [-0.2, -0.15) is 0 Å². The van der Waals surface area contributed by atoms with E-state index in [1.807, 2.05) is 0 Å². The zero-order valence-electron chi connectivity index (χ0n) is 24.6. The van der Waals surface area contributed by atoms with Crippen LogP contribution in [0.25, 0.3) is 0 Å². The number of unbranched alkanes of at least 4 members (excludes halogenated alkanes) is 12. The monoisotopic (exact) mass is 586 g/mol. The number of ether oxygens (including phenoxy) is 3. The van der Waals surface area contributed by atoms with Gasteiger partial charge in [0.05, 0.1) is 9.85 Å². The highest BCUT2D eigenvalue weighted by molar-refractivity contribution is 5.70. The van der Waals surface area contributed by atoms with Gasteiger partial charge in [0.2, 0.25) is 0 Å². The molecule has 0 saturated carbocycles. The summed E-state index contributed by atoms with van der Waals surface area (Å²) in [4.78, 5) is 45.7. The second kappa shape index (κ2) is 19.2. The van der Waals surface area contributed by atoms with Gasteiger partial charge in [-0.15, -0.1) is 0 Å². The number of rotatable bonds is 20. The second-order valence-electron chi connectivity index (χ2n) is 10.3. The molecule has 0 fully saturated rings. The van der Waals surface area contributed by atoms with Crippen LogP contribution in [0.4, 0.5) is 16.2 Å². The van der Waals surface area contributed by atoms with Crippen molar-refractivity contribution >= 4 is 23.5 Å². The minimum atomic E-state index is -1.16. The molecule has 0 saturated heterocycles. The average molecular weight is 587 g/mol. The molecule has 0 radical (unpaired) electrons. The molecule has 1 unspecified atom stereocenters. The van der Waals surface area contributed by atoms with Crippen LogP contribution in [0.5, 0.6) is 11.5 Å². The van der Waals surface area contributed by atoms with Crippen LogP contribution in [0.3, 0.4) is 0 Å². The number of hydrogen-bond acceptors (Lipinski definition) is 9. The third-order valence-corrected chi connectivity index (χ3v) is 6.88. The minimum Gasteiger partial charge on any atom is -0.458 e. The SMILES string of the molecule is CCCCCCCCCCCCCCCC(=O)OC(C)c1cc([N+](=O)[O-])ccc1OC(=O)Oc1ccc([N+](=O)[O-])cc1. The zero-order chi connectivity index (χ0) is 30.7. The Hall–Kier alpha value is -4.02. The summed E-state index contributed by atoms with van der Waals surface area (Å²) >= 11 is 0. The van der Waals surface area contributed by atoms with Crippen LogP contribution in [-0.2, 0) is 9.53 Å². The van der Waals surface area contributed by atoms with Gasteiger partial charge in [0.25, 0.3) is 11.4 Å². The van der Waals surface area contributed by atoms with Crippen molar-refractivity contribution in [3.63, 3.8) is 0 Å². The predicted octanol–water partition coefficient (Wildman–Crippen LogP) is 9.17. The van der Waals surface area contributed by atoms with Crippen LogP contribution >= 0.6 is 0 Å². The third-order valence-electron chi connectivity index (χ3n) is 6.88. The Labute approximate surface area is 246 Å². The molecule has 0 aliphatic carbocycles. The van der Waals surface area contributed by atoms with Crippen molar-refractivity contribution in [3.05, 3.63) is 68.3 Å². The number of hydrogen-bond donors (Lipinski definition) is 0. The zero-order valence-corrected chi connectivity index (χ0v) is 24.6. The molecule has 42 heavy (non-hydrogen) atoms. The van der Waals surface area contributed by atoms with E-state index in [0.29, 0.717) is 6.42 Å². The molecule has 0 amide bonds. The molecule has 0 spiro atoms. The van der Waals surface area contributed by atoms with E-state index in [1.54, 1.807) is 0 Å². The summed E-state index contributed by atoms with van der Waals surface area (Å²) in [7, 11) is 0. The van der Waals surface area contributed by atoms with Gasteiger partial charge in [-0.05, 0) is 31.5 Å². The van der Waals surface area contributed by atoms with Crippen molar-refractivity contribution in [1.82, 2.24) is 0 Å². The summed E-state index contributed by atoms with van der Waals surface area (Å²) < 4.78 is 15.8. The molecular weight excluding hydrogens is 544 g/mol. The summed E-state index contributed by atoms with van der Waals surface area (Å²) in [6.07, 6.45) is 13.6. The van der Waals surface area contributed by atoms with Crippen molar-refractivity contribution in [3.8, 4) is 11.5 Å². The fraction of sp³-hybridized carbons (Fsp3) is 0.548. The Balaban J connectivity index is 1.78. The number of nitro benzene ring substituents is 2. The molecule has 0 aliphatic heterocycles. The van der Waals surface area contributed by atoms with E-state index < -0.39 is 28.1 Å². The van der Waals surface area contributed by atoms with E-state index in [1.165, 1.54) is 101 Å². The molecule has 2 rings (SSSR count). The molecule has 0 aromatic heterocycles. The Bertz CT molecular complexity index is 1150. The molecule has 11 nitrogen and oxygen atoms in total. The predicted molar refractivity (Wildman–Crippen MR) is 158 cm³/mol. The first-order valence-corrected chi connectivity index (χ1v) is 14.8. The van der Waals surface area contributed by atoms with Gasteiger partial charge < -0.3 is 14.2 Å². The maximum absolute atomic E-state index is 12.5. The number of carbonyl (C=O) groups excluding carboxylic acids is 2. The highest BCUT2D eigenvalue weighted by Crippen LogP contribution is 2.32. The number of nitro groups is 2. The molecule has 0 N–H and O–H groups in total. The number of benzene rings is 2. The lowest BCUT2D eigenvalue weighted by Gasteiger charge is -2.17. The van der Waals surface area contributed by atoms with Gasteiger partial charge in [0.15, 0.2) is 0 Å². The van der Waals surface area contributed by atoms with Crippen LogP contribution in [0.15, 0.2) is 42.5 Å². The molecule has 1 atom stereocenters. The maximum atomic E-state index is 12.5. The maximum Gasteiger partial charge on any atom is 0.519 e. The number of non-ortho nitro benzene ring substituents is 2. The van der Waals surface area contributed by atoms with Gasteiger partial charge in [-0.25, -0.2) is 4.79 Å². The fourth-order valence-corrected chi connectivity index (χ4v) is 4.51. The first kappa shape index (κ1) is 34.2. The van der Waals surface area contributed by atoms with E-state index in [4.69, 9.17) is 14.2 Å². The lowest BCUT2D eigenvalue weighted by atomic mass is 10.0. The number of carbonyl (C=O) groups is 2. The molecule has 230 valence electrons. The summed E-state index contributed by atoms with van der Waals surface area (Å²) in [6, 6.07) is 8.35. The Morgan fingerprint density at radius 3 is 1.74 bits per heavy atom. The van der Waals surface area contributed by atoms with Crippen LogP contribution < -0.4 is 9.47 Å². The lowest BCUT2D eigenvalue weighted by Crippen LogP contribution is -2.16. The van der Waals surface area contributed by atoms with E-state index in [-0.39, 0.29) is 34.9 Å². The molecule has 2 aromatic rings. The molecular formula is C31H42N2O9. The Morgan fingerprint density at radius 2 is 1.21 bits per heavy atom. The Kier molecular flexibility index (Phi) is 15.6. The summed E-state index contributed by atoms with van der Waals surface area (Å²) in [5.41, 5.74) is -0.313. The first-order chi connectivity index (χ1) is 20.2. The van der Waals surface area contributed by atoms with Crippen LogP contribution in [-0.4, -0.2) is 22.0 Å². The van der Waals surface area contributed by atoms with Crippen molar-refractivity contribution in [2.45, 2.75) is 110 Å². The second-order valence-corrected chi connectivity index (χ2v) is 10.3. The summed E-state index contributed by atoms with van der Waals surface area (Å²) in [5, 5.41) is 22.1. The van der Waals surface area contributed by atoms with Crippen LogP contribution in [0.1, 0.15) is 115 Å². The minimum absolute atomic E-state index is 0.00587. The van der Waals surface area contributed by atoms with Crippen LogP contribution in [0, 0.1) is 20.2 Å². The van der Waals surface area contributed by atoms with Gasteiger partial charge in [-0.3, -0.25) is 25.0 Å². The molecule has 0 bridgehead atoms. The standard InChI is InChI=1S/C31H42N2O9/c1-3-4-5-6-7-8-9-10-11-12-13-14-15-16-30(34)40-24(2)28-23-26(33(38)39)19-22-29(28)42-31(35)41-27-20-17-25(18-21-27)32(36)37/h17-24H,3-16H2,1-2H3. The first-order valence-electron chi connectivity index (χ1n) is 14.8. The van der Waals surface area contributed by atoms with Gasteiger partial charge in [0.1, 0.15) is 17.6 Å². The van der Waals surface area contributed by atoms with Gasteiger partial charge >= 0.3 is 12.1 Å². The van der Waals surface area contributed by atoms with E-state index in [2.05, 4.69) is 6.92 Å². The van der Waals surface area contributed by atoms with Gasteiger partial charge in [-0.1, -0.05) is 84.0 Å². The highest BCUT2D eigenvalue weighted by Gasteiger charge is 2.22. The lowest BCUT2D eigenvalue weighted by molar-refractivity contribution is -0.385. The molecule has 11 heteroatoms. The van der Waals surface area contributed by atoms with E-state index in [9.17, 15) is 29.8 Å².